The van der Waals surface area contributed by atoms with E-state index in [0.717, 1.165) is 11.1 Å². The van der Waals surface area contributed by atoms with Crippen molar-refractivity contribution in [3.05, 3.63) is 64.2 Å². The number of nitrogens with zero attached hydrogens (tertiary/aromatic N) is 1. The van der Waals surface area contributed by atoms with Crippen LogP contribution in [0.15, 0.2) is 48.5 Å². The van der Waals surface area contributed by atoms with Gasteiger partial charge in [-0.1, -0.05) is 24.3 Å². The highest BCUT2D eigenvalue weighted by Crippen LogP contribution is 2.24. The molecule has 0 saturated carbocycles. The molecule has 6 heteroatoms. The number of non-ortho nitro benzene ring substituents is 1. The van der Waals surface area contributed by atoms with Crippen LogP contribution in [0, 0.1) is 10.1 Å². The van der Waals surface area contributed by atoms with Gasteiger partial charge in [0, 0.05) is 12.1 Å². The molecule has 0 bridgehead atoms. The van der Waals surface area contributed by atoms with Gasteiger partial charge in [0.05, 0.1) is 4.92 Å². The summed E-state index contributed by atoms with van der Waals surface area (Å²) in [5, 5.41) is 28.6. The third kappa shape index (κ3) is 2.81. The highest BCUT2D eigenvalue weighted by atomic mass is 16.6. The van der Waals surface area contributed by atoms with Gasteiger partial charge >= 0.3 is 5.97 Å². The monoisotopic (exact) mass is 273 g/mol. The van der Waals surface area contributed by atoms with Crippen LogP contribution in [0.1, 0.15) is 11.7 Å². The van der Waals surface area contributed by atoms with Crippen molar-refractivity contribution < 1.29 is 19.9 Å². The molecule has 0 amide bonds. The number of nitro groups is 1. The fourth-order valence-electron chi connectivity index (χ4n) is 1.78. The van der Waals surface area contributed by atoms with Gasteiger partial charge in [0.15, 0.2) is 6.10 Å². The van der Waals surface area contributed by atoms with Crippen LogP contribution >= 0.6 is 0 Å². The fraction of sp³-hybridized carbons (Fsp3) is 0.0714. The van der Waals surface area contributed by atoms with Crippen LogP contribution in [-0.4, -0.2) is 21.1 Å². The maximum Gasteiger partial charge on any atom is 0.337 e. The molecular weight excluding hydrogens is 262 g/mol. The number of carboxylic acids is 1. The van der Waals surface area contributed by atoms with Gasteiger partial charge in [-0.3, -0.25) is 10.1 Å². The molecule has 102 valence electrons. The van der Waals surface area contributed by atoms with Gasteiger partial charge in [0.25, 0.3) is 5.69 Å². The lowest BCUT2D eigenvalue weighted by Gasteiger charge is -2.07. The molecule has 0 aliphatic carbocycles. The number of rotatable bonds is 4. The first kappa shape index (κ1) is 13.7. The van der Waals surface area contributed by atoms with E-state index in [9.17, 15) is 20.0 Å². The number of hydrogen-bond donors (Lipinski definition) is 2. The molecule has 2 rings (SSSR count). The average molecular weight is 273 g/mol. The number of benzene rings is 2. The quantitative estimate of drug-likeness (QED) is 0.658. The summed E-state index contributed by atoms with van der Waals surface area (Å²) in [5.41, 5.74) is 1.84. The number of aliphatic hydroxyl groups is 1. The molecule has 6 nitrogen and oxygen atoms in total. The Hall–Kier alpha value is -2.73. The molecule has 2 N–H and O–H groups in total. The summed E-state index contributed by atoms with van der Waals surface area (Å²) in [7, 11) is 0. The molecule has 0 aromatic heterocycles. The zero-order chi connectivity index (χ0) is 14.7. The molecule has 1 atom stereocenters. The summed E-state index contributed by atoms with van der Waals surface area (Å²) in [6.07, 6.45) is -1.55. The van der Waals surface area contributed by atoms with Gasteiger partial charge in [0.1, 0.15) is 0 Å². The van der Waals surface area contributed by atoms with Crippen molar-refractivity contribution in [2.24, 2.45) is 0 Å². The normalized spacial score (nSPS) is 11.8. The second kappa shape index (κ2) is 5.50. The highest BCUT2D eigenvalue weighted by Gasteiger charge is 2.15. The molecule has 0 spiro atoms. The van der Waals surface area contributed by atoms with Gasteiger partial charge in [-0.2, -0.15) is 0 Å². The van der Waals surface area contributed by atoms with E-state index in [4.69, 9.17) is 5.11 Å². The summed E-state index contributed by atoms with van der Waals surface area (Å²) in [5.74, 6) is -1.31. The van der Waals surface area contributed by atoms with Crippen LogP contribution in [-0.2, 0) is 4.79 Å². The van der Waals surface area contributed by atoms with Crippen molar-refractivity contribution in [2.75, 3.05) is 0 Å². The van der Waals surface area contributed by atoms with Crippen molar-refractivity contribution >= 4 is 11.7 Å². The van der Waals surface area contributed by atoms with E-state index in [1.165, 1.54) is 24.3 Å². The summed E-state index contributed by atoms with van der Waals surface area (Å²) in [6.45, 7) is 0. The topological polar surface area (TPSA) is 101 Å². The molecule has 0 saturated heterocycles. The van der Waals surface area contributed by atoms with Gasteiger partial charge in [-0.15, -0.1) is 0 Å². The first-order valence-electron chi connectivity index (χ1n) is 5.74. The summed E-state index contributed by atoms with van der Waals surface area (Å²) in [4.78, 5) is 20.7. The van der Waals surface area contributed by atoms with Crippen molar-refractivity contribution in [3.63, 3.8) is 0 Å². The Bertz CT molecular complexity index is 634. The maximum atomic E-state index is 10.6. The van der Waals surface area contributed by atoms with Crippen LogP contribution in [0.5, 0.6) is 0 Å². The van der Waals surface area contributed by atoms with Crippen LogP contribution in [0.3, 0.4) is 0 Å². The predicted molar refractivity (Wildman–Crippen MR) is 71.1 cm³/mol. The number of aliphatic hydroxyl groups excluding tert-OH is 1. The van der Waals surface area contributed by atoms with Crippen molar-refractivity contribution in [2.45, 2.75) is 6.10 Å². The molecule has 2 aromatic carbocycles. The van der Waals surface area contributed by atoms with E-state index in [0.29, 0.717) is 0 Å². The molecule has 0 heterocycles. The van der Waals surface area contributed by atoms with Gasteiger partial charge in [-0.25, -0.2) is 4.79 Å². The van der Waals surface area contributed by atoms with Gasteiger partial charge < -0.3 is 10.2 Å². The van der Waals surface area contributed by atoms with Crippen LogP contribution in [0.25, 0.3) is 11.1 Å². The van der Waals surface area contributed by atoms with E-state index in [-0.39, 0.29) is 11.3 Å². The minimum absolute atomic E-state index is 0.00618. The first-order chi connectivity index (χ1) is 9.49. The smallest absolute Gasteiger partial charge is 0.337 e. The van der Waals surface area contributed by atoms with Crippen molar-refractivity contribution in [1.29, 1.82) is 0 Å². The van der Waals surface area contributed by atoms with E-state index < -0.39 is 17.0 Å². The van der Waals surface area contributed by atoms with E-state index in [1.54, 1.807) is 24.3 Å². The first-order valence-corrected chi connectivity index (χ1v) is 5.74. The van der Waals surface area contributed by atoms with Crippen LogP contribution < -0.4 is 0 Å². The fourth-order valence-corrected chi connectivity index (χ4v) is 1.78. The molecule has 0 radical (unpaired) electrons. The lowest BCUT2D eigenvalue weighted by atomic mass is 10.0. The summed E-state index contributed by atoms with van der Waals surface area (Å²) in [6, 6.07) is 12.3. The molecule has 0 aliphatic rings. The Morgan fingerprint density at radius 3 is 1.85 bits per heavy atom. The van der Waals surface area contributed by atoms with Crippen LogP contribution in [0.4, 0.5) is 5.69 Å². The highest BCUT2D eigenvalue weighted by molar-refractivity contribution is 5.74. The van der Waals surface area contributed by atoms with Gasteiger partial charge in [-0.05, 0) is 28.8 Å². The zero-order valence-electron chi connectivity index (χ0n) is 10.3. The minimum atomic E-state index is -1.55. The van der Waals surface area contributed by atoms with Crippen molar-refractivity contribution in [3.8, 4) is 11.1 Å². The lowest BCUT2D eigenvalue weighted by Crippen LogP contribution is -2.10. The Balaban J connectivity index is 2.25. The predicted octanol–water partition coefficient (Wildman–Crippen LogP) is 2.38. The molecule has 0 fully saturated rings. The molecule has 2 aromatic rings. The van der Waals surface area contributed by atoms with Crippen molar-refractivity contribution in [1.82, 2.24) is 0 Å². The Kier molecular flexibility index (Phi) is 3.76. The second-order valence-corrected chi connectivity index (χ2v) is 4.17. The number of hydrogen-bond acceptors (Lipinski definition) is 4. The second-order valence-electron chi connectivity index (χ2n) is 4.17. The zero-order valence-corrected chi connectivity index (χ0v) is 10.3. The summed E-state index contributed by atoms with van der Waals surface area (Å²) >= 11 is 0. The summed E-state index contributed by atoms with van der Waals surface area (Å²) < 4.78 is 0. The van der Waals surface area contributed by atoms with E-state index in [1.807, 2.05) is 0 Å². The molecular formula is C14H11NO5. The Morgan fingerprint density at radius 2 is 1.45 bits per heavy atom. The van der Waals surface area contributed by atoms with Gasteiger partial charge in [0.2, 0.25) is 0 Å². The third-order valence-electron chi connectivity index (χ3n) is 2.87. The Morgan fingerprint density at radius 1 is 1.00 bits per heavy atom. The number of carbonyl (C=O) groups is 1. The molecule has 0 aliphatic heterocycles. The van der Waals surface area contributed by atoms with Crippen LogP contribution in [0.2, 0.25) is 0 Å². The molecule has 20 heavy (non-hydrogen) atoms. The number of carboxylic acid groups (broad SMARTS) is 1. The lowest BCUT2D eigenvalue weighted by molar-refractivity contribution is -0.384. The molecule has 1 unspecified atom stereocenters. The largest absolute Gasteiger partial charge is 0.479 e. The van der Waals surface area contributed by atoms with E-state index in [2.05, 4.69) is 0 Å². The third-order valence-corrected chi connectivity index (χ3v) is 2.87. The number of nitro benzene ring substituents is 1. The number of aliphatic carboxylic acids is 1. The van der Waals surface area contributed by atoms with E-state index >= 15 is 0 Å². The average Bonchev–Trinajstić information content (AvgIpc) is 2.46. The minimum Gasteiger partial charge on any atom is -0.479 e. The SMILES string of the molecule is O=C(O)C(O)c1ccc(-c2ccc([N+](=O)[O-])cc2)cc1. The Labute approximate surface area is 114 Å². The standard InChI is InChI=1S/C14H11NO5/c16-13(14(17)18)11-3-1-9(2-4-11)10-5-7-12(8-6-10)15(19)20/h1-8,13,16H,(H,17,18). The maximum absolute atomic E-state index is 10.6.